The second kappa shape index (κ2) is 9.27. The van der Waals surface area contributed by atoms with Gasteiger partial charge < -0.3 is 34.4 Å². The molecule has 11 nitrogen and oxygen atoms in total. The summed E-state index contributed by atoms with van der Waals surface area (Å²) in [6.45, 7) is 6.89. The number of aliphatic hydroxyl groups is 1. The largest absolute Gasteiger partial charge is 0.780 e. The van der Waals surface area contributed by atoms with Crippen LogP contribution in [-0.4, -0.2) is 69.2 Å². The second-order valence-corrected chi connectivity index (χ2v) is 9.47. The fourth-order valence-corrected chi connectivity index (χ4v) is 4.79. The summed E-state index contributed by atoms with van der Waals surface area (Å²) in [7, 11) is 0. The summed E-state index contributed by atoms with van der Waals surface area (Å²) in [6, 6.07) is 0. The molecule has 0 aliphatic carbocycles. The fourth-order valence-electron chi connectivity index (χ4n) is 3.36. The average molecular weight is 446 g/mol. The molecule has 0 saturated carbocycles. The first-order valence-electron chi connectivity index (χ1n) is 9.55. The molecule has 0 radical (unpaired) electrons. The molecule has 1 unspecified atom stereocenters. The third-order valence-corrected chi connectivity index (χ3v) is 6.66. The maximum Gasteiger partial charge on any atom is 0.167 e. The lowest BCUT2D eigenvalue weighted by Gasteiger charge is -2.38. The number of nitrogen functional groups attached to an aromatic ring is 1. The Hall–Kier alpha value is -1.24. The van der Waals surface area contributed by atoms with Crippen LogP contribution in [0.15, 0.2) is 12.7 Å². The van der Waals surface area contributed by atoms with Crippen molar-refractivity contribution in [2.24, 2.45) is 0 Å². The normalized spacial score (nSPS) is 31.5. The lowest BCUT2D eigenvalue weighted by atomic mass is 10.1. The zero-order chi connectivity index (χ0) is 21.2. The van der Waals surface area contributed by atoms with Gasteiger partial charge in [-0.05, 0) is 20.8 Å². The van der Waals surface area contributed by atoms with Crippen molar-refractivity contribution in [2.75, 3.05) is 32.0 Å². The molecule has 5 atom stereocenters. The molecule has 2 saturated heterocycles. The van der Waals surface area contributed by atoms with E-state index in [1.165, 1.54) is 36.9 Å². The molecule has 4 rings (SSSR count). The number of nitrogens with one attached hydrogen (secondary N) is 1. The lowest BCUT2D eigenvalue weighted by Crippen LogP contribution is -3.11. The SMILES string of the molecule is CC[NH+](CC)CC.Nc1ncnc2c1ncn2[C@H]1O[C@@H]2COP([O-])(=S)O[C@@H]2[C@@H]1O. The van der Waals surface area contributed by atoms with Crippen molar-refractivity contribution in [3.63, 3.8) is 0 Å². The lowest BCUT2D eigenvalue weighted by molar-refractivity contribution is -0.894. The molecule has 29 heavy (non-hydrogen) atoms. The molecular formula is C16H27N6O5PS. The zero-order valence-corrected chi connectivity index (χ0v) is 18.3. The van der Waals surface area contributed by atoms with Gasteiger partial charge in [0.2, 0.25) is 0 Å². The summed E-state index contributed by atoms with van der Waals surface area (Å²) in [5.41, 5.74) is 6.55. The molecule has 0 spiro atoms. The van der Waals surface area contributed by atoms with E-state index in [-0.39, 0.29) is 12.4 Å². The molecule has 162 valence electrons. The topological polar surface area (TPSA) is 145 Å². The fraction of sp³-hybridized carbons (Fsp3) is 0.688. The van der Waals surface area contributed by atoms with Crippen LogP contribution < -0.4 is 15.5 Å². The Bertz CT molecular complexity index is 875. The third-order valence-electron chi connectivity index (χ3n) is 5.12. The quantitative estimate of drug-likeness (QED) is 0.479. The van der Waals surface area contributed by atoms with Gasteiger partial charge in [0, 0.05) is 0 Å². The maximum absolute atomic E-state index is 11.7. The van der Waals surface area contributed by atoms with Gasteiger partial charge in [0.05, 0.1) is 32.6 Å². The Labute approximate surface area is 174 Å². The highest BCUT2D eigenvalue weighted by atomic mass is 32.5. The summed E-state index contributed by atoms with van der Waals surface area (Å²) in [5.74, 6) is 0.225. The Morgan fingerprint density at radius 3 is 2.62 bits per heavy atom. The summed E-state index contributed by atoms with van der Waals surface area (Å²) in [5, 5.41) is 10.4. The molecular weight excluding hydrogens is 419 g/mol. The van der Waals surface area contributed by atoms with E-state index in [0.29, 0.717) is 11.2 Å². The minimum Gasteiger partial charge on any atom is -0.780 e. The molecule has 13 heteroatoms. The Kier molecular flexibility index (Phi) is 7.18. The van der Waals surface area contributed by atoms with Gasteiger partial charge >= 0.3 is 0 Å². The summed E-state index contributed by atoms with van der Waals surface area (Å²) in [6.07, 6.45) is -0.610. The van der Waals surface area contributed by atoms with Crippen LogP contribution in [0.3, 0.4) is 0 Å². The smallest absolute Gasteiger partial charge is 0.167 e. The number of aliphatic hydroxyl groups excluding tert-OH is 1. The van der Waals surface area contributed by atoms with Crippen LogP contribution in [0.4, 0.5) is 5.82 Å². The van der Waals surface area contributed by atoms with Crippen LogP contribution in [-0.2, 0) is 25.6 Å². The minimum atomic E-state index is -3.58. The van der Waals surface area contributed by atoms with Gasteiger partial charge in [0.1, 0.15) is 36.9 Å². The van der Waals surface area contributed by atoms with Crippen LogP contribution in [0.1, 0.15) is 27.0 Å². The maximum atomic E-state index is 11.7. The van der Waals surface area contributed by atoms with E-state index >= 15 is 0 Å². The number of imidazole rings is 1. The number of nitrogens with two attached hydrogens (primary N) is 1. The molecule has 0 aromatic carbocycles. The van der Waals surface area contributed by atoms with Gasteiger partial charge in [-0.2, -0.15) is 0 Å². The minimum absolute atomic E-state index is 0.0112. The van der Waals surface area contributed by atoms with Crippen LogP contribution in [0.2, 0.25) is 0 Å². The highest BCUT2D eigenvalue weighted by molar-refractivity contribution is 8.06. The Morgan fingerprint density at radius 1 is 1.31 bits per heavy atom. The number of fused-ring (bicyclic) bond motifs is 2. The van der Waals surface area contributed by atoms with E-state index in [4.69, 9.17) is 31.3 Å². The van der Waals surface area contributed by atoms with Gasteiger partial charge in [0.15, 0.2) is 17.7 Å². The van der Waals surface area contributed by atoms with Gasteiger partial charge in [-0.15, -0.1) is 0 Å². The number of rotatable bonds is 4. The van der Waals surface area contributed by atoms with Gasteiger partial charge in [-0.3, -0.25) is 4.57 Å². The highest BCUT2D eigenvalue weighted by Crippen LogP contribution is 2.49. The van der Waals surface area contributed by atoms with Crippen molar-refractivity contribution in [3.05, 3.63) is 12.7 Å². The van der Waals surface area contributed by atoms with Crippen LogP contribution >= 0.6 is 6.72 Å². The first-order valence-corrected chi connectivity index (χ1v) is 12.1. The number of quaternary nitrogens is 1. The molecule has 2 fully saturated rings. The molecule has 0 amide bonds. The van der Waals surface area contributed by atoms with Crippen LogP contribution in [0.25, 0.3) is 11.2 Å². The van der Waals surface area contributed by atoms with Crippen molar-refractivity contribution in [3.8, 4) is 0 Å². The molecule has 4 N–H and O–H groups in total. The highest BCUT2D eigenvalue weighted by Gasteiger charge is 2.49. The number of nitrogens with zero attached hydrogens (tertiary/aromatic N) is 4. The van der Waals surface area contributed by atoms with Crippen molar-refractivity contribution in [1.82, 2.24) is 19.5 Å². The van der Waals surface area contributed by atoms with E-state index in [1.54, 1.807) is 4.90 Å². The predicted molar refractivity (Wildman–Crippen MR) is 107 cm³/mol. The van der Waals surface area contributed by atoms with Gasteiger partial charge in [-0.25, -0.2) is 15.0 Å². The summed E-state index contributed by atoms with van der Waals surface area (Å²) >= 11 is 4.69. The van der Waals surface area contributed by atoms with E-state index in [0.717, 1.165) is 0 Å². The van der Waals surface area contributed by atoms with E-state index in [2.05, 4.69) is 35.7 Å². The van der Waals surface area contributed by atoms with Crippen molar-refractivity contribution < 1.29 is 28.7 Å². The number of hydrogen-bond donors (Lipinski definition) is 3. The van der Waals surface area contributed by atoms with E-state index in [1.807, 2.05) is 0 Å². The van der Waals surface area contributed by atoms with E-state index < -0.39 is 31.3 Å². The second-order valence-electron chi connectivity index (χ2n) is 6.76. The predicted octanol–water partition coefficient (Wildman–Crippen LogP) is -1.40. The average Bonchev–Trinajstić information content (AvgIpc) is 3.25. The van der Waals surface area contributed by atoms with Crippen molar-refractivity contribution >= 4 is 35.5 Å². The van der Waals surface area contributed by atoms with Crippen molar-refractivity contribution in [2.45, 2.75) is 45.3 Å². The third kappa shape index (κ3) is 4.75. The molecule has 2 aromatic heterocycles. The number of aromatic nitrogens is 4. The molecule has 2 aromatic rings. The summed E-state index contributed by atoms with van der Waals surface area (Å²) < 4.78 is 17.3. The molecule has 4 heterocycles. The molecule has 0 bridgehead atoms. The monoisotopic (exact) mass is 446 g/mol. The van der Waals surface area contributed by atoms with Crippen molar-refractivity contribution in [1.29, 1.82) is 0 Å². The Morgan fingerprint density at radius 2 is 2.00 bits per heavy atom. The molecule has 2 aliphatic heterocycles. The van der Waals surface area contributed by atoms with Gasteiger partial charge in [-0.1, -0.05) is 11.8 Å². The number of ether oxygens (including phenoxy) is 1. The Balaban J connectivity index is 0.000000298. The zero-order valence-electron chi connectivity index (χ0n) is 16.6. The van der Waals surface area contributed by atoms with Crippen LogP contribution in [0, 0.1) is 0 Å². The first kappa shape index (κ1) is 22.4. The number of anilines is 1. The first-order chi connectivity index (χ1) is 13.8. The summed E-state index contributed by atoms with van der Waals surface area (Å²) in [4.78, 5) is 25.5. The van der Waals surface area contributed by atoms with E-state index in [9.17, 15) is 10.00 Å². The van der Waals surface area contributed by atoms with Gasteiger partial charge in [0.25, 0.3) is 0 Å². The van der Waals surface area contributed by atoms with Crippen LogP contribution in [0.5, 0.6) is 0 Å². The number of hydrogen-bond acceptors (Lipinski definition) is 10. The molecule has 2 aliphatic rings. The standard InChI is InChI=1S/C10H12N5O5PS.C6H15N/c11-8-5-9(13-2-12-8)15(3-14-5)10-6(16)7-4(19-10)1-18-21(17,22)20-7;1-4-7(5-2)6-3/h2-4,6-7,10,16H,1H2,(H,17,22)(H2,11,12,13);4-6H2,1-3H3/t4-,6+,7+,10+,21?;/m1./s1.